The highest BCUT2D eigenvalue weighted by atomic mass is 32.2. The Labute approximate surface area is 253 Å². The Morgan fingerprint density at radius 1 is 0.977 bits per heavy atom. The summed E-state index contributed by atoms with van der Waals surface area (Å²) in [6.45, 7) is 5.63. The summed E-state index contributed by atoms with van der Waals surface area (Å²) in [5.41, 5.74) is 2.05. The monoisotopic (exact) mass is 609 g/mol. The van der Waals surface area contributed by atoms with Gasteiger partial charge in [-0.1, -0.05) is 44.0 Å². The van der Waals surface area contributed by atoms with Crippen molar-refractivity contribution in [3.63, 3.8) is 0 Å². The minimum absolute atomic E-state index is 0.0659. The third-order valence-corrected chi connectivity index (χ3v) is 9.59. The Morgan fingerprint density at radius 2 is 1.63 bits per heavy atom. The molecule has 0 aromatic heterocycles. The molecule has 1 fully saturated rings. The third kappa shape index (κ3) is 7.93. The van der Waals surface area contributed by atoms with Gasteiger partial charge in [0.1, 0.15) is 24.2 Å². The summed E-state index contributed by atoms with van der Waals surface area (Å²) in [5, 5.41) is 3.12. The molecule has 1 aliphatic carbocycles. The molecule has 8 nitrogen and oxygen atoms in total. The highest BCUT2D eigenvalue weighted by molar-refractivity contribution is 7.92. The van der Waals surface area contributed by atoms with E-state index in [1.54, 1.807) is 24.3 Å². The van der Waals surface area contributed by atoms with Crippen molar-refractivity contribution in [3.05, 3.63) is 89.7 Å². The maximum atomic E-state index is 14.2. The fraction of sp³-hybridized carbons (Fsp3) is 0.394. The van der Waals surface area contributed by atoms with Crippen LogP contribution in [0.3, 0.4) is 0 Å². The van der Waals surface area contributed by atoms with Gasteiger partial charge in [0.2, 0.25) is 11.8 Å². The van der Waals surface area contributed by atoms with E-state index in [2.05, 4.69) is 5.32 Å². The zero-order valence-corrected chi connectivity index (χ0v) is 25.8. The molecule has 3 aromatic carbocycles. The maximum absolute atomic E-state index is 14.2. The second kappa shape index (κ2) is 14.5. The number of sulfonamides is 1. The molecular formula is C33H40FN3O5S. The molecule has 2 amide bonds. The topological polar surface area (TPSA) is 96.0 Å². The number of amides is 2. The predicted octanol–water partition coefficient (Wildman–Crippen LogP) is 5.59. The number of aryl methyl sites for hydroxylation is 1. The average Bonchev–Trinajstić information content (AvgIpc) is 3.50. The molecular weight excluding hydrogens is 569 g/mol. The molecule has 1 unspecified atom stereocenters. The minimum atomic E-state index is -4.30. The first kappa shape index (κ1) is 32.0. The Kier molecular flexibility index (Phi) is 10.8. The molecule has 1 atom stereocenters. The van der Waals surface area contributed by atoms with Gasteiger partial charge >= 0.3 is 0 Å². The summed E-state index contributed by atoms with van der Waals surface area (Å²) in [6.07, 6.45) is 4.24. The standard InChI is InChI=1S/C33H40FN3O5S/c1-4-31(33(39)35-27-12-8-9-13-27)36(22-25-11-7-6-10-24(25)3)32(38)23-37(28-16-18-29(19-17-28)42-5-2)43(40,41)30-20-14-26(34)15-21-30/h6-7,10-11,14-21,27,31H,4-5,8-9,12-13,22-23H2,1-3H3,(H,35,39). The summed E-state index contributed by atoms with van der Waals surface area (Å²) in [4.78, 5) is 29.1. The Balaban J connectivity index is 1.72. The third-order valence-electron chi connectivity index (χ3n) is 7.81. The molecule has 0 saturated heterocycles. The molecule has 1 N–H and O–H groups in total. The molecule has 0 radical (unpaired) electrons. The molecule has 1 saturated carbocycles. The van der Waals surface area contributed by atoms with Crippen LogP contribution in [0.2, 0.25) is 0 Å². The lowest BCUT2D eigenvalue weighted by Crippen LogP contribution is -2.53. The number of carbonyl (C=O) groups excluding carboxylic acids is 2. The van der Waals surface area contributed by atoms with Gasteiger partial charge in [0.25, 0.3) is 10.0 Å². The van der Waals surface area contributed by atoms with Gasteiger partial charge in [-0.3, -0.25) is 13.9 Å². The zero-order chi connectivity index (χ0) is 31.0. The Hall–Kier alpha value is -3.92. The Morgan fingerprint density at radius 3 is 2.23 bits per heavy atom. The molecule has 1 aliphatic rings. The van der Waals surface area contributed by atoms with Gasteiger partial charge in [-0.05, 0) is 92.8 Å². The maximum Gasteiger partial charge on any atom is 0.264 e. The van der Waals surface area contributed by atoms with Gasteiger partial charge < -0.3 is 15.0 Å². The number of hydrogen-bond acceptors (Lipinski definition) is 5. The van der Waals surface area contributed by atoms with Crippen LogP contribution >= 0.6 is 0 Å². The van der Waals surface area contributed by atoms with E-state index in [0.29, 0.717) is 18.8 Å². The van der Waals surface area contributed by atoms with Crippen molar-refractivity contribution in [2.45, 2.75) is 76.4 Å². The number of benzene rings is 3. The minimum Gasteiger partial charge on any atom is -0.494 e. The van der Waals surface area contributed by atoms with E-state index in [9.17, 15) is 22.4 Å². The second-order valence-corrected chi connectivity index (χ2v) is 12.6. The van der Waals surface area contributed by atoms with Crippen molar-refractivity contribution < 1.29 is 27.1 Å². The Bertz CT molecular complexity index is 1490. The van der Waals surface area contributed by atoms with Gasteiger partial charge in [0.15, 0.2) is 0 Å². The molecule has 0 aliphatic heterocycles. The largest absolute Gasteiger partial charge is 0.494 e. The summed E-state index contributed by atoms with van der Waals surface area (Å²) in [6, 6.07) is 17.7. The van der Waals surface area contributed by atoms with Crippen molar-refractivity contribution in [2.75, 3.05) is 17.5 Å². The quantitative estimate of drug-likeness (QED) is 0.273. The average molecular weight is 610 g/mol. The van der Waals surface area contributed by atoms with E-state index >= 15 is 0 Å². The van der Waals surface area contributed by atoms with Crippen molar-refractivity contribution in [1.29, 1.82) is 0 Å². The van der Waals surface area contributed by atoms with E-state index < -0.39 is 34.3 Å². The smallest absolute Gasteiger partial charge is 0.264 e. The highest BCUT2D eigenvalue weighted by Crippen LogP contribution is 2.27. The first-order valence-corrected chi connectivity index (χ1v) is 16.2. The van der Waals surface area contributed by atoms with Crippen LogP contribution in [0.1, 0.15) is 57.1 Å². The van der Waals surface area contributed by atoms with Crippen molar-refractivity contribution in [1.82, 2.24) is 10.2 Å². The van der Waals surface area contributed by atoms with Crippen LogP contribution < -0.4 is 14.4 Å². The normalized spacial score (nSPS) is 14.2. The predicted molar refractivity (Wildman–Crippen MR) is 165 cm³/mol. The van der Waals surface area contributed by atoms with Crippen molar-refractivity contribution in [3.8, 4) is 5.75 Å². The number of ether oxygens (including phenoxy) is 1. The van der Waals surface area contributed by atoms with Gasteiger partial charge in [-0.2, -0.15) is 0 Å². The van der Waals surface area contributed by atoms with Gasteiger partial charge in [-0.15, -0.1) is 0 Å². The molecule has 4 rings (SSSR count). The highest BCUT2D eigenvalue weighted by Gasteiger charge is 2.34. The van der Waals surface area contributed by atoms with Crippen LogP contribution in [-0.4, -0.2) is 50.4 Å². The molecule has 0 bridgehead atoms. The van der Waals surface area contributed by atoms with E-state index in [-0.39, 0.29) is 29.1 Å². The summed E-state index contributed by atoms with van der Waals surface area (Å²) < 4.78 is 48.1. The first-order chi connectivity index (χ1) is 20.6. The van der Waals surface area contributed by atoms with Crippen molar-refractivity contribution in [2.24, 2.45) is 0 Å². The van der Waals surface area contributed by atoms with Crippen LogP contribution in [0.25, 0.3) is 0 Å². The lowest BCUT2D eigenvalue weighted by molar-refractivity contribution is -0.140. The van der Waals surface area contributed by atoms with Gasteiger partial charge in [0, 0.05) is 12.6 Å². The summed E-state index contributed by atoms with van der Waals surface area (Å²) in [5.74, 6) is -0.805. The number of halogens is 1. The number of nitrogens with one attached hydrogen (secondary N) is 1. The van der Waals surface area contributed by atoms with E-state index in [1.165, 1.54) is 17.0 Å². The van der Waals surface area contributed by atoms with E-state index in [1.807, 2.05) is 45.0 Å². The lowest BCUT2D eigenvalue weighted by atomic mass is 10.1. The van der Waals surface area contributed by atoms with Gasteiger partial charge in [0.05, 0.1) is 17.2 Å². The van der Waals surface area contributed by atoms with Crippen LogP contribution in [0.15, 0.2) is 77.7 Å². The van der Waals surface area contributed by atoms with Crippen LogP contribution in [0, 0.1) is 12.7 Å². The fourth-order valence-corrected chi connectivity index (χ4v) is 6.81. The molecule has 230 valence electrons. The van der Waals surface area contributed by atoms with E-state index in [4.69, 9.17) is 4.74 Å². The van der Waals surface area contributed by atoms with Gasteiger partial charge in [-0.25, -0.2) is 12.8 Å². The van der Waals surface area contributed by atoms with Crippen molar-refractivity contribution >= 4 is 27.5 Å². The molecule has 43 heavy (non-hydrogen) atoms. The lowest BCUT2D eigenvalue weighted by Gasteiger charge is -2.34. The summed E-state index contributed by atoms with van der Waals surface area (Å²) >= 11 is 0. The zero-order valence-electron chi connectivity index (χ0n) is 25.0. The molecule has 0 spiro atoms. The molecule has 0 heterocycles. The van der Waals surface area contributed by atoms with E-state index in [0.717, 1.165) is 53.2 Å². The number of anilines is 1. The molecule has 3 aromatic rings. The first-order valence-electron chi connectivity index (χ1n) is 14.8. The van der Waals surface area contributed by atoms with Crippen LogP contribution in [0.5, 0.6) is 5.75 Å². The fourth-order valence-electron chi connectivity index (χ4n) is 5.40. The number of carbonyl (C=O) groups is 2. The second-order valence-electron chi connectivity index (χ2n) is 10.8. The molecule has 10 heteroatoms. The van der Waals surface area contributed by atoms with Crippen LogP contribution in [-0.2, 0) is 26.2 Å². The SMILES string of the molecule is CCOc1ccc(N(CC(=O)N(Cc2ccccc2C)C(CC)C(=O)NC2CCCC2)S(=O)(=O)c2ccc(F)cc2)cc1. The number of hydrogen-bond donors (Lipinski definition) is 1. The number of rotatable bonds is 13. The van der Waals surface area contributed by atoms with Crippen LogP contribution in [0.4, 0.5) is 10.1 Å². The number of nitrogens with zero attached hydrogens (tertiary/aromatic N) is 2. The summed E-state index contributed by atoms with van der Waals surface area (Å²) in [7, 11) is -4.30.